The van der Waals surface area contributed by atoms with Gasteiger partial charge in [0.2, 0.25) is 0 Å². The van der Waals surface area contributed by atoms with Gasteiger partial charge in [-0.2, -0.15) is 0 Å². The van der Waals surface area contributed by atoms with Crippen molar-refractivity contribution < 1.29 is 4.42 Å². The van der Waals surface area contributed by atoms with Crippen LogP contribution in [0.15, 0.2) is 22.7 Å². The molecule has 3 aromatic rings. The summed E-state index contributed by atoms with van der Waals surface area (Å²) in [5, 5.41) is 1.25. The third-order valence-electron chi connectivity index (χ3n) is 2.80. The molecule has 0 aliphatic carbocycles. The molecule has 3 nitrogen and oxygen atoms in total. The number of oxazole rings is 1. The van der Waals surface area contributed by atoms with E-state index in [1.165, 1.54) is 16.5 Å². The fraction of sp³-hybridized carbons (Fsp3) is 0.250. The molecule has 1 aromatic carbocycles. The number of fused-ring (bicyclic) bond motifs is 2. The van der Waals surface area contributed by atoms with E-state index in [4.69, 9.17) is 4.42 Å². The van der Waals surface area contributed by atoms with Crippen LogP contribution in [0.2, 0.25) is 0 Å². The van der Waals surface area contributed by atoms with Gasteiger partial charge in [-0.3, -0.25) is 0 Å². The van der Waals surface area contributed by atoms with Crippen LogP contribution in [0.1, 0.15) is 11.5 Å². The Morgan fingerprint density at radius 2 is 2.07 bits per heavy atom. The molecule has 0 aliphatic heterocycles. The highest BCUT2D eigenvalue weighted by atomic mass is 16.3. The number of aryl methyl sites for hydroxylation is 3. The lowest BCUT2D eigenvalue weighted by atomic mass is 10.2. The molecule has 0 unspecified atom stereocenters. The molecule has 0 N–H and O–H groups in total. The van der Waals surface area contributed by atoms with E-state index >= 15 is 0 Å². The summed E-state index contributed by atoms with van der Waals surface area (Å²) in [6, 6.07) is 4.15. The van der Waals surface area contributed by atoms with Crippen LogP contribution < -0.4 is 0 Å². The minimum absolute atomic E-state index is 0.720. The summed E-state index contributed by atoms with van der Waals surface area (Å²) in [7, 11) is 2.05. The van der Waals surface area contributed by atoms with Crippen LogP contribution in [-0.4, -0.2) is 9.55 Å². The van der Waals surface area contributed by atoms with Crippen molar-refractivity contribution in [1.82, 2.24) is 9.55 Å². The first kappa shape index (κ1) is 8.53. The van der Waals surface area contributed by atoms with Crippen LogP contribution in [0.4, 0.5) is 0 Å². The molecule has 0 saturated heterocycles. The van der Waals surface area contributed by atoms with Crippen molar-refractivity contribution in [2.24, 2.45) is 7.05 Å². The van der Waals surface area contributed by atoms with Gasteiger partial charge in [-0.15, -0.1) is 0 Å². The Kier molecular flexibility index (Phi) is 1.49. The first-order valence-electron chi connectivity index (χ1n) is 4.98. The Morgan fingerprint density at radius 1 is 1.27 bits per heavy atom. The normalized spacial score (nSPS) is 11.7. The molecule has 0 bridgehead atoms. The van der Waals surface area contributed by atoms with Gasteiger partial charge in [0.1, 0.15) is 5.52 Å². The fourth-order valence-electron chi connectivity index (χ4n) is 2.12. The molecule has 0 fully saturated rings. The number of aromatic nitrogens is 2. The zero-order chi connectivity index (χ0) is 10.6. The molecule has 0 amide bonds. The van der Waals surface area contributed by atoms with Crippen molar-refractivity contribution in [3.8, 4) is 0 Å². The molecule has 0 spiro atoms. The molecule has 15 heavy (non-hydrogen) atoms. The smallest absolute Gasteiger partial charge is 0.192 e. The Balaban J connectivity index is 2.53. The van der Waals surface area contributed by atoms with E-state index in [9.17, 15) is 0 Å². The predicted molar refractivity (Wildman–Crippen MR) is 60.0 cm³/mol. The van der Waals surface area contributed by atoms with Crippen LogP contribution in [0.5, 0.6) is 0 Å². The van der Waals surface area contributed by atoms with E-state index in [-0.39, 0.29) is 0 Å². The highest BCUT2D eigenvalue weighted by Crippen LogP contribution is 2.26. The van der Waals surface area contributed by atoms with E-state index < -0.39 is 0 Å². The van der Waals surface area contributed by atoms with Crippen molar-refractivity contribution in [3.63, 3.8) is 0 Å². The van der Waals surface area contributed by atoms with Crippen molar-refractivity contribution in [3.05, 3.63) is 29.8 Å². The zero-order valence-electron chi connectivity index (χ0n) is 9.03. The highest BCUT2D eigenvalue weighted by Gasteiger charge is 2.08. The second-order valence-electron chi connectivity index (χ2n) is 3.99. The van der Waals surface area contributed by atoms with Crippen LogP contribution in [0.25, 0.3) is 22.0 Å². The summed E-state index contributed by atoms with van der Waals surface area (Å²) in [5.41, 5.74) is 4.27. The van der Waals surface area contributed by atoms with E-state index in [2.05, 4.69) is 34.8 Å². The predicted octanol–water partition coefficient (Wildman–Crippen LogP) is 2.94. The Morgan fingerprint density at radius 3 is 2.87 bits per heavy atom. The minimum Gasteiger partial charge on any atom is -0.441 e. The maximum Gasteiger partial charge on any atom is 0.192 e. The van der Waals surface area contributed by atoms with E-state index in [0.717, 1.165) is 17.0 Å². The maximum absolute atomic E-state index is 5.52. The van der Waals surface area contributed by atoms with Crippen molar-refractivity contribution in [1.29, 1.82) is 0 Å². The number of hydrogen-bond acceptors (Lipinski definition) is 2. The summed E-state index contributed by atoms with van der Waals surface area (Å²) in [5.74, 6) is 0.720. The highest BCUT2D eigenvalue weighted by molar-refractivity contribution is 5.94. The molecule has 0 saturated carbocycles. The van der Waals surface area contributed by atoms with Gasteiger partial charge < -0.3 is 8.98 Å². The number of hydrogen-bond donors (Lipinski definition) is 0. The lowest BCUT2D eigenvalue weighted by molar-refractivity contribution is 0.561. The first-order valence-corrected chi connectivity index (χ1v) is 4.98. The molecular weight excluding hydrogens is 188 g/mol. The number of nitrogens with zero attached hydrogens (tertiary/aromatic N) is 2. The fourth-order valence-corrected chi connectivity index (χ4v) is 2.12. The van der Waals surface area contributed by atoms with Crippen LogP contribution in [0.3, 0.4) is 0 Å². The van der Waals surface area contributed by atoms with Gasteiger partial charge in [0.05, 0.1) is 5.52 Å². The van der Waals surface area contributed by atoms with Crippen molar-refractivity contribution in [2.75, 3.05) is 0 Å². The molecule has 0 aliphatic rings. The molecule has 76 valence electrons. The van der Waals surface area contributed by atoms with E-state index in [1.807, 2.05) is 14.0 Å². The van der Waals surface area contributed by atoms with Gasteiger partial charge in [0.15, 0.2) is 11.5 Å². The van der Waals surface area contributed by atoms with Gasteiger partial charge in [-0.1, -0.05) is 0 Å². The van der Waals surface area contributed by atoms with Gasteiger partial charge in [0, 0.05) is 31.6 Å². The van der Waals surface area contributed by atoms with Gasteiger partial charge in [-0.05, 0) is 18.6 Å². The van der Waals surface area contributed by atoms with E-state index in [1.54, 1.807) is 0 Å². The van der Waals surface area contributed by atoms with Gasteiger partial charge in [-0.25, -0.2) is 4.98 Å². The Bertz CT molecular complexity index is 607. The average molecular weight is 200 g/mol. The number of rotatable bonds is 0. The maximum atomic E-state index is 5.52. The standard InChI is InChI=1S/C12H12N2O/c1-7-6-14(3)11-5-12-10(4-9(7)11)13-8(2)15-12/h4-6H,1-3H3. The van der Waals surface area contributed by atoms with Gasteiger partial charge >= 0.3 is 0 Å². The summed E-state index contributed by atoms with van der Waals surface area (Å²) in [4.78, 5) is 4.34. The Labute approximate surface area is 87.3 Å². The monoisotopic (exact) mass is 200 g/mol. The Hall–Kier alpha value is -1.77. The number of benzene rings is 1. The molecule has 3 rings (SSSR count). The SMILES string of the molecule is Cc1nc2cc3c(C)cn(C)c3cc2o1. The average Bonchev–Trinajstić information content (AvgIpc) is 2.65. The van der Waals surface area contributed by atoms with Crippen LogP contribution >= 0.6 is 0 Å². The summed E-state index contributed by atoms with van der Waals surface area (Å²) < 4.78 is 7.63. The summed E-state index contributed by atoms with van der Waals surface area (Å²) in [6.45, 7) is 3.98. The first-order chi connectivity index (χ1) is 7.15. The molecule has 0 atom stereocenters. The second kappa shape index (κ2) is 2.63. The summed E-state index contributed by atoms with van der Waals surface area (Å²) in [6.07, 6.45) is 2.12. The third kappa shape index (κ3) is 1.09. The third-order valence-corrected chi connectivity index (χ3v) is 2.80. The van der Waals surface area contributed by atoms with Gasteiger partial charge in [0.25, 0.3) is 0 Å². The molecule has 3 heteroatoms. The minimum atomic E-state index is 0.720. The zero-order valence-corrected chi connectivity index (χ0v) is 9.03. The molecular formula is C12H12N2O. The second-order valence-corrected chi connectivity index (χ2v) is 3.99. The van der Waals surface area contributed by atoms with Crippen molar-refractivity contribution in [2.45, 2.75) is 13.8 Å². The topological polar surface area (TPSA) is 31.0 Å². The molecule has 2 aromatic heterocycles. The molecule has 0 radical (unpaired) electrons. The largest absolute Gasteiger partial charge is 0.441 e. The van der Waals surface area contributed by atoms with Crippen LogP contribution in [-0.2, 0) is 7.05 Å². The lowest BCUT2D eigenvalue weighted by Crippen LogP contribution is -1.82. The van der Waals surface area contributed by atoms with Crippen LogP contribution in [0, 0.1) is 13.8 Å². The van der Waals surface area contributed by atoms with E-state index in [0.29, 0.717) is 0 Å². The quantitative estimate of drug-likeness (QED) is 0.558. The van der Waals surface area contributed by atoms with Crippen molar-refractivity contribution >= 4 is 22.0 Å². The summed E-state index contributed by atoms with van der Waals surface area (Å²) >= 11 is 0. The molecule has 2 heterocycles. The lowest BCUT2D eigenvalue weighted by Gasteiger charge is -1.94.